The number of nitrogens with zero attached hydrogens (tertiary/aromatic N) is 1. The Kier molecular flexibility index (Phi) is 6.20. The molecule has 0 amide bonds. The first-order valence-corrected chi connectivity index (χ1v) is 6.41. The van der Waals surface area contributed by atoms with Crippen LogP contribution in [0.4, 0.5) is 0 Å². The Morgan fingerprint density at radius 3 is 2.55 bits per heavy atom. The van der Waals surface area contributed by atoms with Crippen LogP contribution >= 0.6 is 24.8 Å². The van der Waals surface area contributed by atoms with Gasteiger partial charge in [0.2, 0.25) is 0 Å². The lowest BCUT2D eigenvalue weighted by molar-refractivity contribution is -0.144. The molecule has 0 radical (unpaired) electrons. The van der Waals surface area contributed by atoms with E-state index in [1.807, 2.05) is 12.1 Å². The number of hydrogen-bond donors (Lipinski definition) is 3. The maximum Gasteiger partial charge on any atom is 0.308 e. The molecule has 1 saturated heterocycles. The lowest BCUT2D eigenvalue weighted by atomic mass is 9.74. The first kappa shape index (κ1) is 17.2. The standard InChI is InChI=1S/C13H17N3O2.2ClH/c17-13(18)10-3-1-2-9-11(15-16-12(9)10)8-4-6-14-7-5-8;;/h4-7,9-12,15-16H,1-3H2,(H,17,18);2*1H. The van der Waals surface area contributed by atoms with E-state index in [2.05, 4.69) is 15.8 Å². The van der Waals surface area contributed by atoms with Gasteiger partial charge in [0.25, 0.3) is 0 Å². The molecule has 2 heterocycles. The van der Waals surface area contributed by atoms with Crippen LogP contribution < -0.4 is 10.9 Å². The number of halogens is 2. The summed E-state index contributed by atoms with van der Waals surface area (Å²) in [5.41, 5.74) is 7.62. The molecule has 3 N–H and O–H groups in total. The first-order chi connectivity index (χ1) is 8.77. The number of fused-ring (bicyclic) bond motifs is 1. The third-order valence-corrected chi connectivity index (χ3v) is 4.16. The molecule has 0 bridgehead atoms. The van der Waals surface area contributed by atoms with Crippen LogP contribution in [-0.4, -0.2) is 22.1 Å². The van der Waals surface area contributed by atoms with E-state index >= 15 is 0 Å². The van der Waals surface area contributed by atoms with Gasteiger partial charge in [0.1, 0.15) is 0 Å². The fraction of sp³-hybridized carbons (Fsp3) is 0.538. The van der Waals surface area contributed by atoms with Gasteiger partial charge >= 0.3 is 5.97 Å². The zero-order valence-electron chi connectivity index (χ0n) is 10.9. The van der Waals surface area contributed by atoms with Gasteiger partial charge in [0, 0.05) is 18.4 Å². The molecule has 1 aromatic rings. The maximum atomic E-state index is 11.3. The van der Waals surface area contributed by atoms with Crippen LogP contribution in [0.3, 0.4) is 0 Å². The number of aromatic nitrogens is 1. The molecule has 4 unspecified atom stereocenters. The van der Waals surface area contributed by atoms with Gasteiger partial charge in [-0.25, -0.2) is 5.43 Å². The number of carbonyl (C=O) groups is 1. The molecule has 1 aliphatic carbocycles. The van der Waals surface area contributed by atoms with E-state index in [0.29, 0.717) is 5.92 Å². The Labute approximate surface area is 130 Å². The minimum atomic E-state index is -0.686. The summed E-state index contributed by atoms with van der Waals surface area (Å²) in [5, 5.41) is 9.26. The lowest BCUT2D eigenvalue weighted by Gasteiger charge is -2.32. The van der Waals surface area contributed by atoms with E-state index in [9.17, 15) is 9.90 Å². The van der Waals surface area contributed by atoms with E-state index in [1.165, 1.54) is 5.56 Å². The average Bonchev–Trinajstić information content (AvgIpc) is 2.83. The van der Waals surface area contributed by atoms with Gasteiger partial charge in [-0.05, 0) is 36.5 Å². The van der Waals surface area contributed by atoms with Gasteiger partial charge in [-0.1, -0.05) is 6.42 Å². The maximum absolute atomic E-state index is 11.3. The smallest absolute Gasteiger partial charge is 0.308 e. The first-order valence-electron chi connectivity index (χ1n) is 6.41. The molecule has 1 aromatic heterocycles. The quantitative estimate of drug-likeness (QED) is 0.777. The second-order valence-electron chi connectivity index (χ2n) is 5.11. The minimum absolute atomic E-state index is 0. The van der Waals surface area contributed by atoms with E-state index in [1.54, 1.807) is 12.4 Å². The van der Waals surface area contributed by atoms with Crippen molar-refractivity contribution in [3.05, 3.63) is 30.1 Å². The van der Waals surface area contributed by atoms with Crippen molar-refractivity contribution in [3.63, 3.8) is 0 Å². The van der Waals surface area contributed by atoms with Crippen molar-refractivity contribution in [1.82, 2.24) is 15.8 Å². The second kappa shape index (κ2) is 7.22. The molecule has 4 atom stereocenters. The van der Waals surface area contributed by atoms with Gasteiger partial charge in [0.05, 0.1) is 12.0 Å². The SMILES string of the molecule is Cl.Cl.O=C(O)C1CCCC2C(c3ccncc3)NNC12. The molecule has 1 aliphatic heterocycles. The molecular formula is C13H19Cl2N3O2. The summed E-state index contributed by atoms with van der Waals surface area (Å²) in [7, 11) is 0. The summed E-state index contributed by atoms with van der Waals surface area (Å²) in [5.74, 6) is -0.611. The Hall–Kier alpha value is -0.880. The lowest BCUT2D eigenvalue weighted by Crippen LogP contribution is -2.43. The van der Waals surface area contributed by atoms with E-state index < -0.39 is 5.97 Å². The van der Waals surface area contributed by atoms with Gasteiger partial charge < -0.3 is 5.11 Å². The Balaban J connectivity index is 0.000001000. The number of hydrazine groups is 1. The fourth-order valence-electron chi connectivity index (χ4n) is 3.28. The number of carboxylic acid groups (broad SMARTS) is 1. The van der Waals surface area contributed by atoms with E-state index in [-0.39, 0.29) is 42.8 Å². The molecule has 5 nitrogen and oxygen atoms in total. The van der Waals surface area contributed by atoms with Gasteiger partial charge in [-0.3, -0.25) is 15.2 Å². The van der Waals surface area contributed by atoms with Crippen LogP contribution in [0.1, 0.15) is 30.9 Å². The molecule has 20 heavy (non-hydrogen) atoms. The van der Waals surface area contributed by atoms with Crippen LogP contribution in [0.2, 0.25) is 0 Å². The number of aliphatic carboxylic acids is 1. The monoisotopic (exact) mass is 319 g/mol. The summed E-state index contributed by atoms with van der Waals surface area (Å²) in [6.07, 6.45) is 6.39. The van der Waals surface area contributed by atoms with Crippen LogP contribution in [0.25, 0.3) is 0 Å². The minimum Gasteiger partial charge on any atom is -0.481 e. The average molecular weight is 320 g/mol. The third-order valence-electron chi connectivity index (χ3n) is 4.16. The molecule has 112 valence electrons. The van der Waals surface area contributed by atoms with Crippen LogP contribution in [0, 0.1) is 11.8 Å². The van der Waals surface area contributed by atoms with Crippen LogP contribution in [0.15, 0.2) is 24.5 Å². The highest BCUT2D eigenvalue weighted by atomic mass is 35.5. The number of carboxylic acids is 1. The topological polar surface area (TPSA) is 74.2 Å². The van der Waals surface area contributed by atoms with Crippen molar-refractivity contribution >= 4 is 30.8 Å². The third kappa shape index (κ3) is 3.06. The predicted octanol–water partition coefficient (Wildman–Crippen LogP) is 1.94. The molecule has 2 fully saturated rings. The molecule has 1 saturated carbocycles. The second-order valence-corrected chi connectivity index (χ2v) is 5.11. The molecule has 7 heteroatoms. The Bertz CT molecular complexity index is 447. The van der Waals surface area contributed by atoms with Crippen molar-refractivity contribution in [2.45, 2.75) is 31.3 Å². The molecule has 2 aliphatic rings. The normalized spacial score (nSPS) is 31.6. The van der Waals surface area contributed by atoms with E-state index in [0.717, 1.165) is 19.3 Å². The molecular weight excluding hydrogens is 301 g/mol. The van der Waals surface area contributed by atoms with Crippen molar-refractivity contribution in [2.75, 3.05) is 0 Å². The largest absolute Gasteiger partial charge is 0.481 e. The summed E-state index contributed by atoms with van der Waals surface area (Å²) in [4.78, 5) is 15.3. The highest BCUT2D eigenvalue weighted by Crippen LogP contribution is 2.40. The Morgan fingerprint density at radius 1 is 1.20 bits per heavy atom. The number of nitrogens with one attached hydrogen (secondary N) is 2. The van der Waals surface area contributed by atoms with E-state index in [4.69, 9.17) is 0 Å². The highest BCUT2D eigenvalue weighted by molar-refractivity contribution is 5.85. The summed E-state index contributed by atoms with van der Waals surface area (Å²) in [6.45, 7) is 0. The number of hydrogen-bond acceptors (Lipinski definition) is 4. The highest BCUT2D eigenvalue weighted by Gasteiger charge is 2.45. The van der Waals surface area contributed by atoms with Crippen molar-refractivity contribution < 1.29 is 9.90 Å². The van der Waals surface area contributed by atoms with Gasteiger partial charge in [-0.2, -0.15) is 0 Å². The van der Waals surface area contributed by atoms with Crippen LogP contribution in [0.5, 0.6) is 0 Å². The van der Waals surface area contributed by atoms with Crippen molar-refractivity contribution in [2.24, 2.45) is 11.8 Å². The molecule has 0 spiro atoms. The van der Waals surface area contributed by atoms with Crippen molar-refractivity contribution in [3.8, 4) is 0 Å². The predicted molar refractivity (Wildman–Crippen MR) is 80.0 cm³/mol. The summed E-state index contributed by atoms with van der Waals surface area (Å²) >= 11 is 0. The zero-order valence-corrected chi connectivity index (χ0v) is 12.5. The Morgan fingerprint density at radius 2 is 1.90 bits per heavy atom. The zero-order chi connectivity index (χ0) is 12.5. The van der Waals surface area contributed by atoms with Crippen molar-refractivity contribution in [1.29, 1.82) is 0 Å². The molecule has 0 aromatic carbocycles. The van der Waals surface area contributed by atoms with Gasteiger partial charge in [0.15, 0.2) is 0 Å². The fourth-order valence-corrected chi connectivity index (χ4v) is 3.28. The summed E-state index contributed by atoms with van der Waals surface area (Å²) < 4.78 is 0. The molecule has 3 rings (SSSR count). The number of pyridine rings is 1. The van der Waals surface area contributed by atoms with Gasteiger partial charge in [-0.15, -0.1) is 24.8 Å². The summed E-state index contributed by atoms with van der Waals surface area (Å²) in [6, 6.07) is 4.22. The van der Waals surface area contributed by atoms with Crippen LogP contribution in [-0.2, 0) is 4.79 Å². The number of rotatable bonds is 2.